The topological polar surface area (TPSA) is 20.2 Å². The molecule has 1 aromatic carbocycles. The Morgan fingerprint density at radius 3 is 2.60 bits per heavy atom. The van der Waals surface area contributed by atoms with Crippen LogP contribution in [-0.4, -0.2) is 11.2 Å². The van der Waals surface area contributed by atoms with Crippen LogP contribution in [0, 0.1) is 32.7 Å². The van der Waals surface area contributed by atoms with Crippen LogP contribution in [0.1, 0.15) is 91.0 Å². The first-order valence-corrected chi connectivity index (χ1v) is 13.5. The number of allylic oxidation sites excluding steroid dienone is 2. The first-order valence-electron chi connectivity index (χ1n) is 12.4. The van der Waals surface area contributed by atoms with Crippen molar-refractivity contribution in [3.05, 3.63) is 45.0 Å². The molecule has 30 heavy (non-hydrogen) atoms. The monoisotopic (exact) mass is 522 g/mol. The summed E-state index contributed by atoms with van der Waals surface area (Å²) in [5, 5.41) is 11.1. The average molecular weight is 523 g/mol. The normalized spacial score (nSPS) is 34.6. The van der Waals surface area contributed by atoms with Gasteiger partial charge in [-0.2, -0.15) is 0 Å². The van der Waals surface area contributed by atoms with Gasteiger partial charge in [0.15, 0.2) is 0 Å². The van der Waals surface area contributed by atoms with Gasteiger partial charge in [-0.3, -0.25) is 0 Å². The summed E-state index contributed by atoms with van der Waals surface area (Å²) in [7, 11) is 0. The number of aliphatic hydroxyl groups is 1. The molecule has 1 N–H and O–H groups in total. The summed E-state index contributed by atoms with van der Waals surface area (Å²) in [6.07, 6.45) is 15.0. The van der Waals surface area contributed by atoms with Crippen LogP contribution in [0.25, 0.3) is 0 Å². The van der Waals surface area contributed by atoms with Crippen LogP contribution in [-0.2, 0) is 6.42 Å². The summed E-state index contributed by atoms with van der Waals surface area (Å²) >= 11 is 2.38. The van der Waals surface area contributed by atoms with Gasteiger partial charge < -0.3 is 5.11 Å². The molecule has 0 bridgehead atoms. The lowest BCUT2D eigenvalue weighted by molar-refractivity contribution is -0.105. The Morgan fingerprint density at radius 2 is 1.90 bits per heavy atom. The quantitative estimate of drug-likeness (QED) is 0.207. The maximum Gasteiger partial charge on any atom is 0.0577 e. The van der Waals surface area contributed by atoms with E-state index >= 15 is 0 Å². The number of halogens is 1. The van der Waals surface area contributed by atoms with Crippen LogP contribution >= 0.6 is 22.6 Å². The molecule has 0 unspecified atom stereocenters. The molecule has 0 saturated heterocycles. The highest BCUT2D eigenvalue weighted by molar-refractivity contribution is 14.1. The fourth-order valence-electron chi connectivity index (χ4n) is 6.47. The molecule has 0 aliphatic heterocycles. The zero-order chi connectivity index (χ0) is 21.7. The predicted octanol–water partition coefficient (Wildman–Crippen LogP) is 8.19. The van der Waals surface area contributed by atoms with Crippen molar-refractivity contribution in [1.29, 1.82) is 0 Å². The highest BCUT2D eigenvalue weighted by Crippen LogP contribution is 2.58. The van der Waals surface area contributed by atoms with Gasteiger partial charge in [-0.05, 0) is 121 Å². The fourth-order valence-corrected chi connectivity index (χ4v) is 6.83. The van der Waals surface area contributed by atoms with Gasteiger partial charge in [-0.1, -0.05) is 63.8 Å². The molecule has 1 aromatic rings. The van der Waals surface area contributed by atoms with Crippen LogP contribution in [0.15, 0.2) is 35.9 Å². The van der Waals surface area contributed by atoms with Gasteiger partial charge in [0.25, 0.3) is 0 Å². The van der Waals surface area contributed by atoms with E-state index < -0.39 is 0 Å². The zero-order valence-corrected chi connectivity index (χ0v) is 21.8. The number of benzene rings is 1. The predicted molar refractivity (Wildman–Crippen MR) is 138 cm³/mol. The first-order chi connectivity index (χ1) is 14.3. The Hall–Kier alpha value is -0.350. The van der Waals surface area contributed by atoms with Crippen molar-refractivity contribution in [1.82, 2.24) is 0 Å². The second kappa shape index (κ2) is 11.0. The molecule has 2 fully saturated rings. The third-order valence-electron chi connectivity index (χ3n) is 8.64. The van der Waals surface area contributed by atoms with E-state index in [1.165, 1.54) is 60.5 Å². The molecule has 2 heteroatoms. The van der Waals surface area contributed by atoms with Crippen LogP contribution in [0.3, 0.4) is 0 Å². The molecule has 6 atom stereocenters. The minimum absolute atomic E-state index is 0.149. The van der Waals surface area contributed by atoms with E-state index in [1.54, 1.807) is 5.57 Å². The summed E-state index contributed by atoms with van der Waals surface area (Å²) in [4.78, 5) is 0. The number of aliphatic hydroxyl groups excluding tert-OH is 1. The van der Waals surface area contributed by atoms with E-state index in [4.69, 9.17) is 0 Å². The molecule has 0 radical (unpaired) electrons. The summed E-state index contributed by atoms with van der Waals surface area (Å²) in [5.74, 6) is 2.40. The van der Waals surface area contributed by atoms with Crippen LogP contribution in [0.5, 0.6) is 0 Å². The standard InChI is InChI=1S/C28H43IO/c1-5-6-7-8-9-10-20(2)23-13-16-26-25(18-22-11-14-24(29)15-12-22)27(30)17-21(3)28(26,4)19-23/h10-12,14-15,21,23,25-27,30H,5-9,13,16-19H2,1-4H3/b20-10+/t21-,23-,25+,26+,27-,28+/m1/s1. The fraction of sp³-hybridized carbons (Fsp3) is 0.714. The highest BCUT2D eigenvalue weighted by atomic mass is 127. The van der Waals surface area contributed by atoms with Crippen molar-refractivity contribution in [2.45, 2.75) is 98.0 Å². The first kappa shape index (κ1) is 24.3. The number of hydrogen-bond acceptors (Lipinski definition) is 1. The molecule has 168 valence electrons. The van der Waals surface area contributed by atoms with Gasteiger partial charge in [-0.15, -0.1) is 0 Å². The van der Waals surface area contributed by atoms with E-state index in [0.29, 0.717) is 23.2 Å². The Morgan fingerprint density at radius 1 is 1.17 bits per heavy atom. The van der Waals surface area contributed by atoms with Crippen molar-refractivity contribution in [3.63, 3.8) is 0 Å². The third-order valence-corrected chi connectivity index (χ3v) is 9.36. The van der Waals surface area contributed by atoms with Crippen molar-refractivity contribution in [3.8, 4) is 0 Å². The number of rotatable bonds is 8. The molecule has 2 saturated carbocycles. The highest BCUT2D eigenvalue weighted by Gasteiger charge is 2.52. The average Bonchev–Trinajstić information content (AvgIpc) is 2.72. The molecule has 2 aliphatic carbocycles. The molecule has 2 aliphatic rings. The summed E-state index contributed by atoms with van der Waals surface area (Å²) < 4.78 is 1.29. The Kier molecular flexibility index (Phi) is 8.90. The van der Waals surface area contributed by atoms with Gasteiger partial charge in [0.1, 0.15) is 0 Å². The molecular formula is C28H43IO. The molecule has 0 amide bonds. The smallest absolute Gasteiger partial charge is 0.0577 e. The van der Waals surface area contributed by atoms with Crippen molar-refractivity contribution >= 4 is 22.6 Å². The minimum Gasteiger partial charge on any atom is -0.393 e. The van der Waals surface area contributed by atoms with Crippen LogP contribution in [0.4, 0.5) is 0 Å². The zero-order valence-electron chi connectivity index (χ0n) is 19.7. The van der Waals surface area contributed by atoms with Crippen LogP contribution < -0.4 is 0 Å². The molecule has 0 aromatic heterocycles. The number of fused-ring (bicyclic) bond motifs is 1. The van der Waals surface area contributed by atoms with Gasteiger partial charge >= 0.3 is 0 Å². The number of unbranched alkanes of at least 4 members (excludes halogenated alkanes) is 4. The summed E-state index contributed by atoms with van der Waals surface area (Å²) in [5.41, 5.74) is 3.38. The maximum atomic E-state index is 11.1. The second-order valence-corrected chi connectivity index (χ2v) is 11.8. The third kappa shape index (κ3) is 5.71. The van der Waals surface area contributed by atoms with E-state index in [0.717, 1.165) is 18.8 Å². The Balaban J connectivity index is 1.69. The molecule has 0 spiro atoms. The summed E-state index contributed by atoms with van der Waals surface area (Å²) in [6, 6.07) is 8.94. The SMILES string of the molecule is CCCCCC/C=C(\C)[C@@H]1CC[C@H]2[C@H](Cc3ccc(I)cc3)[C@H](O)C[C@@H](C)[C@]2(C)C1. The largest absolute Gasteiger partial charge is 0.393 e. The van der Waals surface area contributed by atoms with E-state index in [1.807, 2.05) is 0 Å². The van der Waals surface area contributed by atoms with Gasteiger partial charge in [0.05, 0.1) is 6.10 Å². The van der Waals surface area contributed by atoms with E-state index in [9.17, 15) is 5.11 Å². The van der Waals surface area contributed by atoms with Crippen LogP contribution in [0.2, 0.25) is 0 Å². The van der Waals surface area contributed by atoms with Crippen molar-refractivity contribution < 1.29 is 5.11 Å². The lowest BCUT2D eigenvalue weighted by atomic mass is 9.49. The van der Waals surface area contributed by atoms with E-state index in [2.05, 4.69) is 80.6 Å². The minimum atomic E-state index is -0.149. The van der Waals surface area contributed by atoms with Gasteiger partial charge in [-0.25, -0.2) is 0 Å². The van der Waals surface area contributed by atoms with Crippen molar-refractivity contribution in [2.75, 3.05) is 0 Å². The van der Waals surface area contributed by atoms with E-state index in [-0.39, 0.29) is 6.10 Å². The molecular weight excluding hydrogens is 479 g/mol. The Bertz CT molecular complexity index is 693. The van der Waals surface area contributed by atoms with Crippen molar-refractivity contribution in [2.24, 2.45) is 29.1 Å². The molecule has 0 heterocycles. The number of hydrogen-bond donors (Lipinski definition) is 1. The molecule has 3 rings (SSSR count). The summed E-state index contributed by atoms with van der Waals surface area (Å²) in [6.45, 7) is 9.63. The second-order valence-electron chi connectivity index (χ2n) is 10.6. The maximum absolute atomic E-state index is 11.1. The Labute approximate surface area is 199 Å². The van der Waals surface area contributed by atoms with Gasteiger partial charge in [0, 0.05) is 3.57 Å². The molecule has 1 nitrogen and oxygen atoms in total. The van der Waals surface area contributed by atoms with Gasteiger partial charge in [0.2, 0.25) is 0 Å². The lowest BCUT2D eigenvalue weighted by Crippen LogP contribution is -2.52. The lowest BCUT2D eigenvalue weighted by Gasteiger charge is -2.56.